The Morgan fingerprint density at radius 1 is 1.15 bits per heavy atom. The van der Waals surface area contributed by atoms with Crippen LogP contribution in [0, 0.1) is 0 Å². The molecular weight excluding hydrogens is 252 g/mol. The van der Waals surface area contributed by atoms with Crippen molar-refractivity contribution >= 4 is 23.5 Å². The molecule has 2 N–H and O–H groups in total. The normalized spacial score (nSPS) is 19.2. The van der Waals surface area contributed by atoms with E-state index >= 15 is 0 Å². The number of anilines is 1. The summed E-state index contributed by atoms with van der Waals surface area (Å²) in [5.41, 5.74) is 11.4. The van der Waals surface area contributed by atoms with Crippen molar-refractivity contribution in [3.05, 3.63) is 42.5 Å². The Balaban J connectivity index is 2.13. The highest BCUT2D eigenvalue weighted by molar-refractivity contribution is 5.95. The fourth-order valence-corrected chi connectivity index (χ4v) is 2.99. The van der Waals surface area contributed by atoms with E-state index in [1.807, 2.05) is 24.3 Å². The van der Waals surface area contributed by atoms with Gasteiger partial charge in [-0.15, -0.1) is 0 Å². The molecule has 2 aromatic carbocycles. The molecule has 1 aliphatic heterocycles. The van der Waals surface area contributed by atoms with Crippen LogP contribution in [-0.2, 0) is 9.53 Å². The van der Waals surface area contributed by atoms with Gasteiger partial charge in [-0.25, -0.2) is 0 Å². The monoisotopic (exact) mass is 269 g/mol. The smallest absolute Gasteiger partial charge is 0.293 e. The zero-order valence-corrected chi connectivity index (χ0v) is 11.4. The predicted molar refractivity (Wildman–Crippen MR) is 80.6 cm³/mol. The molecule has 1 heterocycles. The molecule has 1 aliphatic rings. The van der Waals surface area contributed by atoms with E-state index in [0.717, 1.165) is 11.3 Å². The maximum absolute atomic E-state index is 10.4. The van der Waals surface area contributed by atoms with E-state index in [1.165, 1.54) is 16.9 Å². The van der Waals surface area contributed by atoms with Crippen LogP contribution in [0.4, 0.5) is 17.1 Å². The second-order valence-electron chi connectivity index (χ2n) is 5.18. The Labute approximate surface area is 118 Å². The van der Waals surface area contributed by atoms with Crippen LogP contribution >= 0.6 is 0 Å². The molecule has 1 unspecified atom stereocenters. The molecule has 1 atom stereocenters. The molecule has 0 fully saturated rings. The molecule has 0 aromatic heterocycles. The zero-order chi connectivity index (χ0) is 14.2. The standard InChI is InChI=1S/C16H17N2O2/c1-18(8-9-20-11-19)15-5-3-2-4-13(15)14-10-12(17)6-7-16(14)18/h2-7,10-11H,8-9,17H2,1H3/q+1. The lowest BCUT2D eigenvalue weighted by molar-refractivity contribution is -0.128. The minimum Gasteiger partial charge on any atom is -0.462 e. The highest BCUT2D eigenvalue weighted by Gasteiger charge is 2.40. The van der Waals surface area contributed by atoms with Crippen LogP contribution < -0.4 is 10.2 Å². The van der Waals surface area contributed by atoms with Gasteiger partial charge in [0.05, 0.1) is 12.6 Å². The number of hydrogen-bond acceptors (Lipinski definition) is 3. The van der Waals surface area contributed by atoms with E-state index in [4.69, 9.17) is 10.5 Å². The van der Waals surface area contributed by atoms with Gasteiger partial charge in [0.15, 0.2) is 0 Å². The van der Waals surface area contributed by atoms with Gasteiger partial charge in [0.2, 0.25) is 0 Å². The van der Waals surface area contributed by atoms with Crippen LogP contribution in [-0.4, -0.2) is 26.7 Å². The first-order valence-corrected chi connectivity index (χ1v) is 6.57. The SMILES string of the molecule is C[N+]1(CCOC=O)c2ccccc2-c2cc(N)ccc21. The second-order valence-corrected chi connectivity index (χ2v) is 5.18. The van der Waals surface area contributed by atoms with Crippen molar-refractivity contribution in [2.24, 2.45) is 0 Å². The Morgan fingerprint density at radius 2 is 1.90 bits per heavy atom. The third kappa shape index (κ3) is 1.77. The molecule has 4 nitrogen and oxygen atoms in total. The largest absolute Gasteiger partial charge is 0.462 e. The number of carbonyl (C=O) groups excluding carboxylic acids is 1. The molecular formula is C16H17N2O2+. The highest BCUT2D eigenvalue weighted by atomic mass is 16.5. The Bertz CT molecular complexity index is 669. The van der Waals surface area contributed by atoms with E-state index in [9.17, 15) is 4.79 Å². The van der Waals surface area contributed by atoms with E-state index in [1.54, 1.807) is 0 Å². The fourth-order valence-electron chi connectivity index (χ4n) is 2.99. The van der Waals surface area contributed by atoms with Crippen LogP contribution in [0.3, 0.4) is 0 Å². The third-order valence-corrected chi connectivity index (χ3v) is 4.00. The van der Waals surface area contributed by atoms with Gasteiger partial charge in [0.1, 0.15) is 24.5 Å². The molecule has 3 rings (SSSR count). The number of ether oxygens (including phenoxy) is 1. The van der Waals surface area contributed by atoms with Gasteiger partial charge in [-0.3, -0.25) is 9.28 Å². The van der Waals surface area contributed by atoms with Gasteiger partial charge in [0.25, 0.3) is 6.47 Å². The lowest BCUT2D eigenvalue weighted by Crippen LogP contribution is -2.40. The molecule has 0 bridgehead atoms. The van der Waals surface area contributed by atoms with Crippen molar-refractivity contribution in [3.8, 4) is 11.1 Å². The summed E-state index contributed by atoms with van der Waals surface area (Å²) in [5.74, 6) is 0. The molecule has 0 saturated heterocycles. The summed E-state index contributed by atoms with van der Waals surface area (Å²) in [7, 11) is 2.13. The summed E-state index contributed by atoms with van der Waals surface area (Å²) < 4.78 is 5.52. The maximum atomic E-state index is 10.4. The van der Waals surface area contributed by atoms with Gasteiger partial charge in [-0.2, -0.15) is 0 Å². The van der Waals surface area contributed by atoms with E-state index < -0.39 is 0 Å². The summed E-state index contributed by atoms with van der Waals surface area (Å²) >= 11 is 0. The zero-order valence-electron chi connectivity index (χ0n) is 11.4. The third-order valence-electron chi connectivity index (χ3n) is 4.00. The van der Waals surface area contributed by atoms with Crippen molar-refractivity contribution in [3.63, 3.8) is 0 Å². The molecule has 0 saturated carbocycles. The van der Waals surface area contributed by atoms with Crippen molar-refractivity contribution in [1.82, 2.24) is 4.48 Å². The van der Waals surface area contributed by atoms with Gasteiger partial charge >= 0.3 is 0 Å². The summed E-state index contributed by atoms with van der Waals surface area (Å²) in [6.45, 7) is 1.59. The Morgan fingerprint density at radius 3 is 2.70 bits per heavy atom. The molecule has 0 spiro atoms. The number of carbonyl (C=O) groups is 1. The molecule has 0 radical (unpaired) electrons. The fraction of sp³-hybridized carbons (Fsp3) is 0.188. The number of hydrogen-bond donors (Lipinski definition) is 1. The van der Waals surface area contributed by atoms with Crippen molar-refractivity contribution < 1.29 is 9.53 Å². The van der Waals surface area contributed by atoms with Crippen LogP contribution in [0.5, 0.6) is 0 Å². The first-order valence-electron chi connectivity index (χ1n) is 6.57. The van der Waals surface area contributed by atoms with Crippen LogP contribution in [0.2, 0.25) is 0 Å². The summed E-state index contributed by atoms with van der Waals surface area (Å²) in [6, 6.07) is 14.3. The lowest BCUT2D eigenvalue weighted by Gasteiger charge is -2.30. The first-order chi connectivity index (χ1) is 9.66. The van der Waals surface area contributed by atoms with E-state index in [2.05, 4.69) is 25.2 Å². The van der Waals surface area contributed by atoms with Crippen LogP contribution in [0.25, 0.3) is 11.1 Å². The minimum absolute atomic E-state index is 0.387. The van der Waals surface area contributed by atoms with Gasteiger partial charge < -0.3 is 10.5 Å². The van der Waals surface area contributed by atoms with E-state index in [-0.39, 0.29) is 0 Å². The number of benzene rings is 2. The Kier molecular flexibility index (Phi) is 2.95. The van der Waals surface area contributed by atoms with Gasteiger partial charge in [-0.1, -0.05) is 12.1 Å². The van der Waals surface area contributed by atoms with Crippen molar-refractivity contribution in [2.45, 2.75) is 0 Å². The number of quaternary nitrogens is 1. The number of nitrogens with two attached hydrogens (primary N) is 1. The molecule has 0 aliphatic carbocycles. The summed E-state index contributed by atoms with van der Waals surface area (Å²) in [6.07, 6.45) is 0. The first kappa shape index (κ1) is 12.7. The molecule has 0 amide bonds. The van der Waals surface area contributed by atoms with Crippen molar-refractivity contribution in [2.75, 3.05) is 25.9 Å². The molecule has 2 aromatic rings. The van der Waals surface area contributed by atoms with Gasteiger partial charge in [-0.05, 0) is 18.2 Å². The number of rotatable bonds is 4. The highest BCUT2D eigenvalue weighted by Crippen LogP contribution is 2.51. The second kappa shape index (κ2) is 4.65. The van der Waals surface area contributed by atoms with Crippen molar-refractivity contribution in [1.29, 1.82) is 0 Å². The topological polar surface area (TPSA) is 52.3 Å². The van der Waals surface area contributed by atoms with E-state index in [0.29, 0.717) is 24.1 Å². The number of likely N-dealkylation sites (N-methyl/N-ethyl adjacent to an activating group) is 1. The summed E-state index contributed by atoms with van der Waals surface area (Å²) in [5, 5.41) is 0. The number of para-hydroxylation sites is 1. The predicted octanol–water partition coefficient (Wildman–Crippen LogP) is 2.69. The summed E-state index contributed by atoms with van der Waals surface area (Å²) in [4.78, 5) is 10.4. The average molecular weight is 269 g/mol. The molecule has 4 heteroatoms. The molecule has 102 valence electrons. The quantitative estimate of drug-likeness (QED) is 0.402. The number of nitrogen functional groups attached to an aromatic ring is 1. The van der Waals surface area contributed by atoms with Crippen LogP contribution in [0.1, 0.15) is 0 Å². The minimum atomic E-state index is 0.387. The number of fused-ring (bicyclic) bond motifs is 3. The molecule has 20 heavy (non-hydrogen) atoms. The lowest BCUT2D eigenvalue weighted by atomic mass is 10.1. The van der Waals surface area contributed by atoms with Gasteiger partial charge in [0, 0.05) is 23.4 Å². The average Bonchev–Trinajstić information content (AvgIpc) is 2.70. The van der Waals surface area contributed by atoms with Crippen LogP contribution in [0.15, 0.2) is 42.5 Å². The Hall–Kier alpha value is -2.33. The number of nitrogens with zero attached hydrogens (tertiary/aromatic N) is 1. The maximum Gasteiger partial charge on any atom is 0.293 e.